The minimum atomic E-state index is 0.596. The predicted molar refractivity (Wildman–Crippen MR) is 58.4 cm³/mol. The standard InChI is InChI=1S/C11H11ClN2/c1-2-8-4-3-5-9(6-8)10-7-13-14-11(10)12/h3-7H,2H2,1H3,(H,13,14). The Balaban J connectivity index is 2.47. The van der Waals surface area contributed by atoms with Crippen molar-refractivity contribution in [2.24, 2.45) is 0 Å². The summed E-state index contributed by atoms with van der Waals surface area (Å²) in [4.78, 5) is 0. The molecule has 0 aliphatic rings. The van der Waals surface area contributed by atoms with E-state index < -0.39 is 0 Å². The second kappa shape index (κ2) is 3.84. The third-order valence-corrected chi connectivity index (χ3v) is 2.53. The molecule has 0 aliphatic heterocycles. The second-order valence-electron chi connectivity index (χ2n) is 3.15. The van der Waals surface area contributed by atoms with Crippen LogP contribution in [0.1, 0.15) is 12.5 Å². The summed E-state index contributed by atoms with van der Waals surface area (Å²) in [5, 5.41) is 7.21. The zero-order valence-corrected chi connectivity index (χ0v) is 8.67. The van der Waals surface area contributed by atoms with Crippen molar-refractivity contribution >= 4 is 11.6 Å². The van der Waals surface area contributed by atoms with Gasteiger partial charge >= 0.3 is 0 Å². The average Bonchev–Trinajstić information content (AvgIpc) is 2.65. The molecule has 0 unspecified atom stereocenters. The lowest BCUT2D eigenvalue weighted by Crippen LogP contribution is -1.81. The Morgan fingerprint density at radius 1 is 1.43 bits per heavy atom. The Morgan fingerprint density at radius 2 is 2.29 bits per heavy atom. The van der Waals surface area contributed by atoms with E-state index >= 15 is 0 Å². The topological polar surface area (TPSA) is 28.7 Å². The summed E-state index contributed by atoms with van der Waals surface area (Å²) in [6, 6.07) is 8.32. The smallest absolute Gasteiger partial charge is 0.132 e. The molecule has 1 heterocycles. The largest absolute Gasteiger partial charge is 0.267 e. The minimum Gasteiger partial charge on any atom is -0.267 e. The molecule has 2 rings (SSSR count). The Morgan fingerprint density at radius 3 is 2.93 bits per heavy atom. The molecule has 0 bridgehead atoms. The number of aromatic amines is 1. The maximum absolute atomic E-state index is 5.95. The van der Waals surface area contributed by atoms with Gasteiger partial charge in [0.05, 0.1) is 6.20 Å². The number of nitrogens with zero attached hydrogens (tertiary/aromatic N) is 1. The molecule has 1 N–H and O–H groups in total. The molecule has 3 heteroatoms. The van der Waals surface area contributed by atoms with Gasteiger partial charge in [-0.15, -0.1) is 0 Å². The van der Waals surface area contributed by atoms with Gasteiger partial charge in [0.2, 0.25) is 0 Å². The maximum atomic E-state index is 5.95. The van der Waals surface area contributed by atoms with E-state index in [4.69, 9.17) is 11.6 Å². The first-order chi connectivity index (χ1) is 6.81. The van der Waals surface area contributed by atoms with Gasteiger partial charge in [-0.05, 0) is 17.5 Å². The molecule has 0 spiro atoms. The summed E-state index contributed by atoms with van der Waals surface area (Å²) in [6.07, 6.45) is 2.78. The highest BCUT2D eigenvalue weighted by Crippen LogP contribution is 2.26. The van der Waals surface area contributed by atoms with E-state index in [0.29, 0.717) is 5.15 Å². The van der Waals surface area contributed by atoms with Crippen LogP contribution in [0.25, 0.3) is 11.1 Å². The lowest BCUT2D eigenvalue weighted by Gasteiger charge is -2.01. The highest BCUT2D eigenvalue weighted by molar-refractivity contribution is 6.32. The summed E-state index contributed by atoms with van der Waals surface area (Å²) in [6.45, 7) is 2.14. The van der Waals surface area contributed by atoms with Crippen molar-refractivity contribution in [3.8, 4) is 11.1 Å². The Hall–Kier alpha value is -1.28. The van der Waals surface area contributed by atoms with Gasteiger partial charge < -0.3 is 0 Å². The fraction of sp³-hybridized carbons (Fsp3) is 0.182. The zero-order chi connectivity index (χ0) is 9.97. The summed E-state index contributed by atoms with van der Waals surface area (Å²) < 4.78 is 0. The van der Waals surface area contributed by atoms with Gasteiger partial charge in [-0.3, -0.25) is 5.10 Å². The van der Waals surface area contributed by atoms with Crippen LogP contribution in [0.3, 0.4) is 0 Å². The van der Waals surface area contributed by atoms with Gasteiger partial charge in [-0.2, -0.15) is 5.10 Å². The quantitative estimate of drug-likeness (QED) is 0.803. The first kappa shape index (κ1) is 9.28. The fourth-order valence-electron chi connectivity index (χ4n) is 1.43. The summed E-state index contributed by atoms with van der Waals surface area (Å²) in [5.41, 5.74) is 3.38. The van der Waals surface area contributed by atoms with Crippen LogP contribution >= 0.6 is 11.6 Å². The molecule has 72 valence electrons. The van der Waals surface area contributed by atoms with Gasteiger partial charge in [0.15, 0.2) is 0 Å². The van der Waals surface area contributed by atoms with Gasteiger partial charge in [-0.25, -0.2) is 0 Å². The predicted octanol–water partition coefficient (Wildman–Crippen LogP) is 3.29. The maximum Gasteiger partial charge on any atom is 0.132 e. The molecule has 2 aromatic rings. The monoisotopic (exact) mass is 206 g/mol. The fourth-order valence-corrected chi connectivity index (χ4v) is 1.64. The Labute approximate surface area is 87.9 Å². The molecule has 0 atom stereocenters. The molecule has 0 radical (unpaired) electrons. The zero-order valence-electron chi connectivity index (χ0n) is 7.92. The van der Waals surface area contributed by atoms with Crippen molar-refractivity contribution in [3.05, 3.63) is 41.2 Å². The normalized spacial score (nSPS) is 10.4. The molecule has 0 amide bonds. The summed E-state index contributed by atoms with van der Waals surface area (Å²) in [7, 11) is 0. The van der Waals surface area contributed by atoms with Crippen LogP contribution in [0, 0.1) is 0 Å². The number of H-pyrrole nitrogens is 1. The van der Waals surface area contributed by atoms with Gasteiger partial charge in [0.1, 0.15) is 5.15 Å². The summed E-state index contributed by atoms with van der Waals surface area (Å²) in [5.74, 6) is 0. The Kier molecular flexibility index (Phi) is 2.55. The van der Waals surface area contributed by atoms with Gasteiger partial charge in [-0.1, -0.05) is 42.8 Å². The van der Waals surface area contributed by atoms with E-state index in [9.17, 15) is 0 Å². The minimum absolute atomic E-state index is 0.596. The van der Waals surface area contributed by atoms with Crippen molar-refractivity contribution in [2.45, 2.75) is 13.3 Å². The SMILES string of the molecule is CCc1cccc(-c2cn[nH]c2Cl)c1. The lowest BCUT2D eigenvalue weighted by molar-refractivity contribution is 1.09. The van der Waals surface area contributed by atoms with Crippen LogP contribution in [0.4, 0.5) is 0 Å². The van der Waals surface area contributed by atoms with E-state index in [1.165, 1.54) is 5.56 Å². The van der Waals surface area contributed by atoms with E-state index in [1.807, 2.05) is 12.1 Å². The number of hydrogen-bond donors (Lipinski definition) is 1. The number of halogens is 1. The molecule has 0 saturated carbocycles. The molecule has 0 fully saturated rings. The molecule has 0 saturated heterocycles. The molecule has 1 aromatic heterocycles. The van der Waals surface area contributed by atoms with Crippen LogP contribution in [0.15, 0.2) is 30.5 Å². The number of aromatic nitrogens is 2. The number of rotatable bonds is 2. The van der Waals surface area contributed by atoms with Crippen LogP contribution in [-0.2, 0) is 6.42 Å². The number of hydrogen-bond acceptors (Lipinski definition) is 1. The van der Waals surface area contributed by atoms with Crippen LogP contribution < -0.4 is 0 Å². The van der Waals surface area contributed by atoms with E-state index in [1.54, 1.807) is 6.20 Å². The van der Waals surface area contributed by atoms with E-state index in [0.717, 1.165) is 17.5 Å². The number of nitrogens with one attached hydrogen (secondary N) is 1. The van der Waals surface area contributed by atoms with Crippen LogP contribution in [0.5, 0.6) is 0 Å². The molecule has 0 aliphatic carbocycles. The second-order valence-corrected chi connectivity index (χ2v) is 3.53. The third kappa shape index (κ3) is 1.66. The summed E-state index contributed by atoms with van der Waals surface area (Å²) >= 11 is 5.95. The van der Waals surface area contributed by atoms with Crippen LogP contribution in [-0.4, -0.2) is 10.2 Å². The first-order valence-corrected chi connectivity index (χ1v) is 4.97. The van der Waals surface area contributed by atoms with Gasteiger partial charge in [0, 0.05) is 5.56 Å². The average molecular weight is 207 g/mol. The Bertz CT molecular complexity index is 434. The molecular weight excluding hydrogens is 196 g/mol. The molecule has 14 heavy (non-hydrogen) atoms. The molecular formula is C11H11ClN2. The van der Waals surface area contributed by atoms with E-state index in [-0.39, 0.29) is 0 Å². The number of benzene rings is 1. The van der Waals surface area contributed by atoms with Crippen LogP contribution in [0.2, 0.25) is 5.15 Å². The molecule has 2 nitrogen and oxygen atoms in total. The first-order valence-electron chi connectivity index (χ1n) is 4.59. The lowest BCUT2D eigenvalue weighted by atomic mass is 10.1. The van der Waals surface area contributed by atoms with Crippen molar-refractivity contribution < 1.29 is 0 Å². The van der Waals surface area contributed by atoms with Crippen molar-refractivity contribution in [2.75, 3.05) is 0 Å². The number of aryl methyl sites for hydroxylation is 1. The van der Waals surface area contributed by atoms with Crippen molar-refractivity contribution in [3.63, 3.8) is 0 Å². The van der Waals surface area contributed by atoms with Gasteiger partial charge in [0.25, 0.3) is 0 Å². The highest BCUT2D eigenvalue weighted by atomic mass is 35.5. The molecule has 1 aromatic carbocycles. The van der Waals surface area contributed by atoms with Crippen molar-refractivity contribution in [1.82, 2.24) is 10.2 Å². The van der Waals surface area contributed by atoms with E-state index in [2.05, 4.69) is 29.3 Å². The third-order valence-electron chi connectivity index (χ3n) is 2.24. The van der Waals surface area contributed by atoms with Crippen molar-refractivity contribution in [1.29, 1.82) is 0 Å². The highest BCUT2D eigenvalue weighted by Gasteiger charge is 2.04.